The van der Waals surface area contributed by atoms with E-state index in [1.165, 1.54) is 6.92 Å². The standard InChI is InChI=1S/C22H26N6O2/c1-13(29)26(3)17-7-5-15(6-8-17)19-20-18(11-24-25-22(20)23)27(4)21(19)16-9-10-28(12-16)14(2)30/h5-8,11,16H,9-10,12H2,1-4H3,(H2,23,25). The Bertz CT molecular complexity index is 1130. The molecule has 0 bridgehead atoms. The van der Waals surface area contributed by atoms with E-state index in [0.29, 0.717) is 12.4 Å². The third-order valence-corrected chi connectivity index (χ3v) is 6.12. The number of amides is 2. The van der Waals surface area contributed by atoms with Crippen LogP contribution in [0.3, 0.4) is 0 Å². The average Bonchev–Trinajstić information content (AvgIpc) is 3.31. The smallest absolute Gasteiger partial charge is 0.223 e. The number of carbonyl (C=O) groups excluding carboxylic acids is 2. The van der Waals surface area contributed by atoms with Crippen molar-refractivity contribution in [2.75, 3.05) is 30.8 Å². The first kappa shape index (κ1) is 19.9. The van der Waals surface area contributed by atoms with Gasteiger partial charge in [0.15, 0.2) is 5.82 Å². The Morgan fingerprint density at radius 3 is 2.50 bits per heavy atom. The van der Waals surface area contributed by atoms with E-state index in [-0.39, 0.29) is 17.7 Å². The van der Waals surface area contributed by atoms with Gasteiger partial charge in [-0.2, -0.15) is 5.10 Å². The SMILES string of the molecule is CC(=O)N1CCC(c2c(-c3ccc(N(C)C(C)=O)cc3)c3c(N)nncc3n2C)C1. The van der Waals surface area contributed by atoms with E-state index in [4.69, 9.17) is 5.73 Å². The molecule has 1 aliphatic rings. The molecule has 2 aromatic heterocycles. The average molecular weight is 406 g/mol. The number of benzene rings is 1. The molecule has 4 rings (SSSR count). The Morgan fingerprint density at radius 2 is 1.90 bits per heavy atom. The molecule has 1 saturated heterocycles. The van der Waals surface area contributed by atoms with Gasteiger partial charge in [-0.25, -0.2) is 0 Å². The number of fused-ring (bicyclic) bond motifs is 1. The molecule has 1 unspecified atom stereocenters. The number of nitrogens with two attached hydrogens (primary N) is 1. The van der Waals surface area contributed by atoms with E-state index in [0.717, 1.165) is 46.4 Å². The van der Waals surface area contributed by atoms with E-state index in [1.54, 1.807) is 25.1 Å². The molecule has 0 spiro atoms. The number of hydrogen-bond donors (Lipinski definition) is 1. The zero-order valence-corrected chi connectivity index (χ0v) is 17.7. The van der Waals surface area contributed by atoms with Gasteiger partial charge in [0.25, 0.3) is 0 Å². The highest BCUT2D eigenvalue weighted by molar-refractivity contribution is 6.04. The fraction of sp³-hybridized carbons (Fsp3) is 0.364. The Kier molecular flexibility index (Phi) is 4.93. The molecule has 30 heavy (non-hydrogen) atoms. The van der Waals surface area contributed by atoms with Crippen LogP contribution in [0.2, 0.25) is 0 Å². The second kappa shape index (κ2) is 7.44. The van der Waals surface area contributed by atoms with Crippen LogP contribution in [-0.2, 0) is 16.6 Å². The van der Waals surface area contributed by atoms with Crippen molar-refractivity contribution in [1.29, 1.82) is 0 Å². The second-order valence-corrected chi connectivity index (χ2v) is 7.88. The van der Waals surface area contributed by atoms with Crippen LogP contribution in [0.15, 0.2) is 30.5 Å². The highest BCUT2D eigenvalue weighted by atomic mass is 16.2. The molecule has 8 heteroatoms. The summed E-state index contributed by atoms with van der Waals surface area (Å²) in [4.78, 5) is 27.1. The Hall–Kier alpha value is -3.42. The molecular formula is C22H26N6O2. The van der Waals surface area contributed by atoms with E-state index in [9.17, 15) is 9.59 Å². The zero-order chi connectivity index (χ0) is 21.6. The van der Waals surface area contributed by atoms with Gasteiger partial charge >= 0.3 is 0 Å². The predicted octanol–water partition coefficient (Wildman–Crippen LogP) is 2.54. The number of anilines is 2. The van der Waals surface area contributed by atoms with Crippen LogP contribution in [-0.4, -0.2) is 51.6 Å². The second-order valence-electron chi connectivity index (χ2n) is 7.88. The lowest BCUT2D eigenvalue weighted by Gasteiger charge is -2.18. The topological polar surface area (TPSA) is 97.3 Å². The van der Waals surface area contributed by atoms with Crippen molar-refractivity contribution in [3.8, 4) is 11.1 Å². The Balaban J connectivity index is 1.88. The van der Waals surface area contributed by atoms with Crippen LogP contribution in [0.5, 0.6) is 0 Å². The van der Waals surface area contributed by atoms with Crippen LogP contribution in [0.25, 0.3) is 22.0 Å². The summed E-state index contributed by atoms with van der Waals surface area (Å²) in [6.07, 6.45) is 2.62. The minimum atomic E-state index is -0.0246. The van der Waals surface area contributed by atoms with Crippen LogP contribution >= 0.6 is 0 Å². The summed E-state index contributed by atoms with van der Waals surface area (Å²) in [5.41, 5.74) is 11.1. The fourth-order valence-corrected chi connectivity index (χ4v) is 4.40. The third-order valence-electron chi connectivity index (χ3n) is 6.12. The Labute approximate surface area is 175 Å². The monoisotopic (exact) mass is 406 g/mol. The van der Waals surface area contributed by atoms with E-state index in [1.807, 2.05) is 36.2 Å². The third kappa shape index (κ3) is 3.18. The molecule has 1 atom stereocenters. The molecular weight excluding hydrogens is 380 g/mol. The van der Waals surface area contributed by atoms with Crippen molar-refractivity contribution in [1.82, 2.24) is 19.7 Å². The molecule has 0 saturated carbocycles. The quantitative estimate of drug-likeness (QED) is 0.721. The molecule has 2 N–H and O–H groups in total. The van der Waals surface area contributed by atoms with Gasteiger partial charge in [0.2, 0.25) is 11.8 Å². The summed E-state index contributed by atoms with van der Waals surface area (Å²) in [5, 5.41) is 9.00. The van der Waals surface area contributed by atoms with Gasteiger partial charge in [-0.3, -0.25) is 9.59 Å². The summed E-state index contributed by atoms with van der Waals surface area (Å²) in [6, 6.07) is 7.87. The number of carbonyl (C=O) groups is 2. The fourth-order valence-electron chi connectivity index (χ4n) is 4.40. The van der Waals surface area contributed by atoms with Gasteiger partial charge in [0.05, 0.1) is 17.1 Å². The van der Waals surface area contributed by atoms with Crippen molar-refractivity contribution < 1.29 is 9.59 Å². The Morgan fingerprint density at radius 1 is 1.20 bits per heavy atom. The predicted molar refractivity (Wildman–Crippen MR) is 117 cm³/mol. The first-order valence-electron chi connectivity index (χ1n) is 9.99. The zero-order valence-electron chi connectivity index (χ0n) is 17.7. The van der Waals surface area contributed by atoms with Gasteiger partial charge in [0, 0.05) is 63.9 Å². The summed E-state index contributed by atoms with van der Waals surface area (Å²) >= 11 is 0. The highest BCUT2D eigenvalue weighted by Crippen LogP contribution is 2.42. The minimum Gasteiger partial charge on any atom is -0.382 e. The molecule has 0 radical (unpaired) electrons. The number of aryl methyl sites for hydroxylation is 1. The number of nitrogen functional groups attached to an aromatic ring is 1. The summed E-state index contributed by atoms with van der Waals surface area (Å²) < 4.78 is 2.12. The lowest BCUT2D eigenvalue weighted by atomic mass is 9.94. The lowest BCUT2D eigenvalue weighted by Crippen LogP contribution is -2.25. The van der Waals surface area contributed by atoms with Gasteiger partial charge in [0.1, 0.15) is 0 Å². The maximum Gasteiger partial charge on any atom is 0.223 e. The van der Waals surface area contributed by atoms with Gasteiger partial charge < -0.3 is 20.1 Å². The summed E-state index contributed by atoms with van der Waals surface area (Å²) in [7, 11) is 3.76. The molecule has 8 nitrogen and oxygen atoms in total. The largest absolute Gasteiger partial charge is 0.382 e. The van der Waals surface area contributed by atoms with Crippen molar-refractivity contribution in [2.24, 2.45) is 7.05 Å². The van der Waals surface area contributed by atoms with Gasteiger partial charge in [-0.1, -0.05) is 12.1 Å². The van der Waals surface area contributed by atoms with Crippen molar-refractivity contribution in [3.63, 3.8) is 0 Å². The van der Waals surface area contributed by atoms with Crippen molar-refractivity contribution >= 4 is 34.2 Å². The lowest BCUT2D eigenvalue weighted by molar-refractivity contribution is -0.127. The van der Waals surface area contributed by atoms with Crippen LogP contribution < -0.4 is 10.6 Å². The molecule has 1 aliphatic heterocycles. The number of hydrogen-bond acceptors (Lipinski definition) is 5. The van der Waals surface area contributed by atoms with Gasteiger partial charge in [-0.05, 0) is 24.1 Å². The van der Waals surface area contributed by atoms with Crippen molar-refractivity contribution in [3.05, 3.63) is 36.2 Å². The number of rotatable bonds is 3. The maximum absolute atomic E-state index is 11.9. The van der Waals surface area contributed by atoms with Crippen LogP contribution in [0, 0.1) is 0 Å². The number of likely N-dealkylation sites (tertiary alicyclic amines) is 1. The van der Waals surface area contributed by atoms with Crippen LogP contribution in [0.1, 0.15) is 31.9 Å². The van der Waals surface area contributed by atoms with E-state index >= 15 is 0 Å². The molecule has 3 aromatic rings. The highest BCUT2D eigenvalue weighted by Gasteiger charge is 2.32. The van der Waals surface area contributed by atoms with Crippen molar-refractivity contribution in [2.45, 2.75) is 26.2 Å². The van der Waals surface area contributed by atoms with Crippen LogP contribution in [0.4, 0.5) is 11.5 Å². The molecule has 3 heterocycles. The molecule has 2 amide bonds. The van der Waals surface area contributed by atoms with E-state index < -0.39 is 0 Å². The first-order chi connectivity index (χ1) is 14.3. The summed E-state index contributed by atoms with van der Waals surface area (Å²) in [5.74, 6) is 0.650. The minimum absolute atomic E-state index is 0.0246. The number of nitrogens with zero attached hydrogens (tertiary/aromatic N) is 5. The van der Waals surface area contributed by atoms with E-state index in [2.05, 4.69) is 14.8 Å². The summed E-state index contributed by atoms with van der Waals surface area (Å²) in [6.45, 7) is 4.57. The molecule has 156 valence electrons. The maximum atomic E-state index is 11.9. The van der Waals surface area contributed by atoms with Gasteiger partial charge in [-0.15, -0.1) is 5.10 Å². The molecule has 1 aromatic carbocycles. The normalized spacial score (nSPS) is 16.3. The number of aromatic nitrogens is 3. The molecule has 1 fully saturated rings. The molecule has 0 aliphatic carbocycles. The first-order valence-corrected chi connectivity index (χ1v) is 9.99.